The highest BCUT2D eigenvalue weighted by atomic mass is 79.9. The van der Waals surface area contributed by atoms with Gasteiger partial charge in [0.15, 0.2) is 5.78 Å². The van der Waals surface area contributed by atoms with Gasteiger partial charge in [-0.1, -0.05) is 57.5 Å². The Balaban J connectivity index is 3.46. The van der Waals surface area contributed by atoms with Gasteiger partial charge in [0, 0.05) is 5.56 Å². The van der Waals surface area contributed by atoms with Gasteiger partial charge in [0.1, 0.15) is 0 Å². The molecule has 105 valence electrons. The second kappa shape index (κ2) is 5.40. The number of hydrogen-bond acceptors (Lipinski definition) is 1. The van der Waals surface area contributed by atoms with E-state index in [1.165, 1.54) is 0 Å². The molecule has 0 spiro atoms. The van der Waals surface area contributed by atoms with Gasteiger partial charge in [-0.15, -0.1) is 0 Å². The molecule has 0 aliphatic carbocycles. The summed E-state index contributed by atoms with van der Waals surface area (Å²) >= 11 is 3.37. The van der Waals surface area contributed by atoms with Gasteiger partial charge in [-0.05, 0) is 47.1 Å². The first-order chi connectivity index (χ1) is 8.43. The maximum Gasteiger partial charge on any atom is 0.176 e. The van der Waals surface area contributed by atoms with Crippen molar-refractivity contribution in [3.05, 3.63) is 34.9 Å². The molecule has 19 heavy (non-hydrogen) atoms. The summed E-state index contributed by atoms with van der Waals surface area (Å²) in [7, 11) is 0. The molecule has 0 N–H and O–H groups in total. The molecule has 1 rings (SSSR count). The lowest BCUT2D eigenvalue weighted by atomic mass is 9.79. The number of Topliss-reactive ketones (excluding diaryl/α,β-unsaturated/α-hetero) is 1. The van der Waals surface area contributed by atoms with Crippen molar-refractivity contribution >= 4 is 21.7 Å². The molecule has 2 heteroatoms. The van der Waals surface area contributed by atoms with Crippen LogP contribution in [0.2, 0.25) is 0 Å². The molecule has 1 unspecified atom stereocenters. The fraction of sp³-hybridized carbons (Fsp3) is 0.588. The summed E-state index contributed by atoms with van der Waals surface area (Å²) in [5, 5.41) is 0. The Morgan fingerprint density at radius 2 is 1.42 bits per heavy atom. The van der Waals surface area contributed by atoms with Crippen molar-refractivity contribution in [2.24, 2.45) is 0 Å². The number of benzene rings is 1. The standard InChI is InChI=1S/C17H24BrO/c1-11(18)15(19)12-8-13(16(2,3)4)10-14(9-12)17(5,6)7/h8-9,11H,1-7H3. The van der Waals surface area contributed by atoms with Crippen molar-refractivity contribution in [2.45, 2.75) is 64.1 Å². The molecule has 0 bridgehead atoms. The van der Waals surface area contributed by atoms with Gasteiger partial charge >= 0.3 is 0 Å². The first-order valence-electron chi connectivity index (χ1n) is 6.69. The van der Waals surface area contributed by atoms with E-state index in [-0.39, 0.29) is 21.4 Å². The second-order valence-electron chi connectivity index (χ2n) is 7.18. The second-order valence-corrected chi connectivity index (χ2v) is 8.55. The van der Waals surface area contributed by atoms with Crippen molar-refractivity contribution in [3.8, 4) is 0 Å². The first-order valence-corrected chi connectivity index (χ1v) is 7.61. The van der Waals surface area contributed by atoms with E-state index in [4.69, 9.17) is 0 Å². The summed E-state index contributed by atoms with van der Waals surface area (Å²) in [5.41, 5.74) is 2.95. The van der Waals surface area contributed by atoms with Crippen molar-refractivity contribution < 1.29 is 4.79 Å². The van der Waals surface area contributed by atoms with Crippen LogP contribution >= 0.6 is 15.9 Å². The van der Waals surface area contributed by atoms with E-state index < -0.39 is 0 Å². The molecule has 1 atom stereocenters. The van der Waals surface area contributed by atoms with Crippen LogP contribution in [0.3, 0.4) is 0 Å². The van der Waals surface area contributed by atoms with E-state index in [2.05, 4.69) is 63.5 Å². The summed E-state index contributed by atoms with van der Waals surface area (Å²) in [6.45, 7) is 14.8. The third-order valence-corrected chi connectivity index (χ3v) is 3.55. The molecule has 0 saturated carbocycles. The van der Waals surface area contributed by atoms with Crippen LogP contribution in [-0.2, 0) is 10.8 Å². The predicted octanol–water partition coefficient (Wildman–Crippen LogP) is 5.05. The minimum absolute atomic E-state index is 0.00809. The first kappa shape index (κ1) is 16.4. The Labute approximate surface area is 125 Å². The highest BCUT2D eigenvalue weighted by molar-refractivity contribution is 9.10. The van der Waals surface area contributed by atoms with Crippen LogP contribution in [0.25, 0.3) is 0 Å². The van der Waals surface area contributed by atoms with Crippen molar-refractivity contribution in [1.29, 1.82) is 0 Å². The Morgan fingerprint density at radius 3 is 1.68 bits per heavy atom. The van der Waals surface area contributed by atoms with E-state index in [0.29, 0.717) is 0 Å². The van der Waals surface area contributed by atoms with E-state index in [1.807, 2.05) is 19.1 Å². The van der Waals surface area contributed by atoms with Crippen LogP contribution in [0.15, 0.2) is 12.1 Å². The van der Waals surface area contributed by atoms with Gasteiger partial charge in [0.05, 0.1) is 4.83 Å². The van der Waals surface area contributed by atoms with Gasteiger partial charge in [-0.3, -0.25) is 4.79 Å². The van der Waals surface area contributed by atoms with E-state index in [1.54, 1.807) is 0 Å². The molecule has 0 heterocycles. The quantitative estimate of drug-likeness (QED) is 0.550. The topological polar surface area (TPSA) is 17.1 Å². The molecular formula is C17H24BrO. The monoisotopic (exact) mass is 323 g/mol. The van der Waals surface area contributed by atoms with Gasteiger partial charge < -0.3 is 0 Å². The van der Waals surface area contributed by atoms with Crippen LogP contribution in [0, 0.1) is 6.07 Å². The number of hydrogen-bond donors (Lipinski definition) is 0. The van der Waals surface area contributed by atoms with Crippen LogP contribution < -0.4 is 0 Å². The zero-order chi connectivity index (χ0) is 15.0. The van der Waals surface area contributed by atoms with Crippen LogP contribution in [0.1, 0.15) is 70.0 Å². The molecular weight excluding hydrogens is 300 g/mol. The Bertz CT molecular complexity index is 441. The van der Waals surface area contributed by atoms with Crippen molar-refractivity contribution in [1.82, 2.24) is 0 Å². The Hall–Kier alpha value is -0.630. The molecule has 0 aliphatic rings. The molecule has 0 amide bonds. The van der Waals surface area contributed by atoms with E-state index >= 15 is 0 Å². The van der Waals surface area contributed by atoms with E-state index in [0.717, 1.165) is 16.7 Å². The molecule has 0 aliphatic heterocycles. The third-order valence-electron chi connectivity index (χ3n) is 3.13. The third kappa shape index (κ3) is 4.17. The molecule has 0 saturated heterocycles. The van der Waals surface area contributed by atoms with Gasteiger partial charge in [0.2, 0.25) is 0 Å². The SMILES string of the molecule is CC(Br)C(=O)c1cc(C(C)(C)C)[c]c(C(C)(C)C)c1. The normalized spacial score (nSPS) is 14.3. The summed E-state index contributed by atoms with van der Waals surface area (Å²) < 4.78 is 0. The minimum atomic E-state index is -0.157. The molecule has 1 nitrogen and oxygen atoms in total. The summed E-state index contributed by atoms with van der Waals surface area (Å²) in [6.07, 6.45) is 0. The smallest absolute Gasteiger partial charge is 0.176 e. The van der Waals surface area contributed by atoms with Crippen molar-refractivity contribution in [2.75, 3.05) is 0 Å². The number of carbonyl (C=O) groups excluding carboxylic acids is 1. The zero-order valence-corrected chi connectivity index (χ0v) is 14.6. The summed E-state index contributed by atoms with van der Waals surface area (Å²) in [6, 6.07) is 7.45. The number of halogens is 1. The maximum absolute atomic E-state index is 12.2. The molecule has 1 aromatic carbocycles. The fourth-order valence-corrected chi connectivity index (χ4v) is 2.01. The number of rotatable bonds is 2. The van der Waals surface area contributed by atoms with E-state index in [9.17, 15) is 4.79 Å². The molecule has 0 fully saturated rings. The zero-order valence-electron chi connectivity index (χ0n) is 13.0. The molecule has 1 radical (unpaired) electrons. The predicted molar refractivity (Wildman–Crippen MR) is 85.4 cm³/mol. The molecule has 1 aromatic rings. The lowest BCUT2D eigenvalue weighted by Crippen LogP contribution is -2.20. The average molecular weight is 324 g/mol. The van der Waals surface area contributed by atoms with Gasteiger partial charge in [-0.25, -0.2) is 0 Å². The number of carbonyl (C=O) groups is 1. The number of ketones is 1. The van der Waals surface area contributed by atoms with Crippen LogP contribution in [-0.4, -0.2) is 10.6 Å². The van der Waals surface area contributed by atoms with Crippen LogP contribution in [0.4, 0.5) is 0 Å². The highest BCUT2D eigenvalue weighted by Crippen LogP contribution is 2.30. The fourth-order valence-electron chi connectivity index (χ4n) is 1.75. The molecule has 0 aromatic heterocycles. The van der Waals surface area contributed by atoms with Crippen molar-refractivity contribution in [3.63, 3.8) is 0 Å². The van der Waals surface area contributed by atoms with Crippen LogP contribution in [0.5, 0.6) is 0 Å². The lowest BCUT2D eigenvalue weighted by molar-refractivity contribution is 0.0995. The largest absolute Gasteiger partial charge is 0.293 e. The Kier molecular flexibility index (Phi) is 4.66. The lowest BCUT2D eigenvalue weighted by Gasteiger charge is -2.25. The summed E-state index contributed by atoms with van der Waals surface area (Å²) in [5.74, 6) is 0.130. The van der Waals surface area contributed by atoms with Gasteiger partial charge in [-0.2, -0.15) is 0 Å². The minimum Gasteiger partial charge on any atom is -0.293 e. The average Bonchev–Trinajstić information content (AvgIpc) is 2.24. The van der Waals surface area contributed by atoms with Gasteiger partial charge in [0.25, 0.3) is 0 Å². The Morgan fingerprint density at radius 1 is 1.05 bits per heavy atom. The maximum atomic E-state index is 12.2. The highest BCUT2D eigenvalue weighted by Gasteiger charge is 2.23. The number of alkyl halides is 1. The summed E-state index contributed by atoms with van der Waals surface area (Å²) in [4.78, 5) is 12.1.